The van der Waals surface area contributed by atoms with E-state index in [0.717, 1.165) is 90.3 Å². The van der Waals surface area contributed by atoms with Crippen LogP contribution in [0.15, 0.2) is 48.8 Å². The molecule has 0 aliphatic carbocycles. The molecule has 3 aliphatic rings. The fourth-order valence-electron chi connectivity index (χ4n) is 6.37. The van der Waals surface area contributed by atoms with Gasteiger partial charge < -0.3 is 14.5 Å². The molecule has 3 aliphatic heterocycles. The number of para-hydroxylation sites is 2. The van der Waals surface area contributed by atoms with Gasteiger partial charge in [-0.3, -0.25) is 19.6 Å². The zero-order valence-electron chi connectivity index (χ0n) is 21.7. The fourth-order valence-corrected chi connectivity index (χ4v) is 6.37. The van der Waals surface area contributed by atoms with Gasteiger partial charge in [-0.15, -0.1) is 0 Å². The molecule has 0 saturated carbocycles. The van der Waals surface area contributed by atoms with E-state index in [4.69, 9.17) is 4.74 Å². The van der Waals surface area contributed by atoms with Gasteiger partial charge in [-0.2, -0.15) is 0 Å². The molecule has 4 heterocycles. The lowest BCUT2D eigenvalue weighted by molar-refractivity contribution is -0.130. The number of ether oxygens (including phenoxy) is 1. The molecule has 0 radical (unpaired) electrons. The number of rotatable bonds is 8. The zero-order valence-corrected chi connectivity index (χ0v) is 21.7. The Morgan fingerprint density at radius 1 is 1.00 bits per heavy atom. The molecule has 194 valence electrons. The maximum Gasteiger partial charge on any atom is 0.222 e. The van der Waals surface area contributed by atoms with E-state index in [9.17, 15) is 4.79 Å². The van der Waals surface area contributed by atoms with Crippen molar-refractivity contribution in [1.82, 2.24) is 19.7 Å². The number of piperazine rings is 1. The zero-order chi connectivity index (χ0) is 24.7. The number of hydrogen-bond donors (Lipinski definition) is 0. The summed E-state index contributed by atoms with van der Waals surface area (Å²) in [6.45, 7) is 9.13. The molecule has 7 nitrogen and oxygen atoms in total. The van der Waals surface area contributed by atoms with Gasteiger partial charge in [-0.1, -0.05) is 18.2 Å². The van der Waals surface area contributed by atoms with Crippen LogP contribution in [0.5, 0.6) is 5.75 Å². The minimum absolute atomic E-state index is 0.358. The Labute approximate surface area is 216 Å². The number of nitrogens with zero attached hydrogens (tertiary/aromatic N) is 5. The average Bonchev–Trinajstić information content (AvgIpc) is 3.48. The number of carbonyl (C=O) groups is 1. The van der Waals surface area contributed by atoms with E-state index in [2.05, 4.69) is 42.8 Å². The molecule has 2 atom stereocenters. The first-order valence-corrected chi connectivity index (χ1v) is 13.7. The molecular formula is C29H41N5O2. The third-order valence-electron chi connectivity index (χ3n) is 8.30. The Hall–Kier alpha value is -2.64. The fraction of sp³-hybridized carbons (Fsp3) is 0.586. The monoisotopic (exact) mass is 491 g/mol. The number of aromatic nitrogens is 1. The predicted molar refractivity (Wildman–Crippen MR) is 143 cm³/mol. The van der Waals surface area contributed by atoms with Crippen molar-refractivity contribution in [1.29, 1.82) is 0 Å². The highest BCUT2D eigenvalue weighted by atomic mass is 16.5. The maximum atomic E-state index is 12.9. The highest BCUT2D eigenvalue weighted by Crippen LogP contribution is 2.32. The number of piperidine rings is 1. The van der Waals surface area contributed by atoms with Crippen LogP contribution in [-0.2, 0) is 11.3 Å². The van der Waals surface area contributed by atoms with Crippen LogP contribution in [0.2, 0.25) is 0 Å². The van der Waals surface area contributed by atoms with Gasteiger partial charge in [0.2, 0.25) is 5.91 Å². The number of hydrogen-bond acceptors (Lipinski definition) is 6. The van der Waals surface area contributed by atoms with Gasteiger partial charge in [-0.05, 0) is 61.9 Å². The molecule has 3 saturated heterocycles. The molecule has 0 bridgehead atoms. The molecule has 7 heteroatoms. The SMILES string of the molecule is COc1ccccc1N1CCN([C@@H]2CCN(Cc3cccnc3)C[C@@H]2CCC(=O)N2CCCC2)CC1. The smallest absolute Gasteiger partial charge is 0.222 e. The summed E-state index contributed by atoms with van der Waals surface area (Å²) in [6, 6.07) is 13.1. The molecule has 3 fully saturated rings. The quantitative estimate of drug-likeness (QED) is 0.563. The topological polar surface area (TPSA) is 52.2 Å². The van der Waals surface area contributed by atoms with Gasteiger partial charge >= 0.3 is 0 Å². The number of amides is 1. The lowest BCUT2D eigenvalue weighted by Crippen LogP contribution is -2.56. The van der Waals surface area contributed by atoms with Gasteiger partial charge in [0.25, 0.3) is 0 Å². The minimum Gasteiger partial charge on any atom is -0.495 e. The van der Waals surface area contributed by atoms with Crippen molar-refractivity contribution in [3.63, 3.8) is 0 Å². The number of pyridine rings is 1. The summed E-state index contributed by atoms with van der Waals surface area (Å²) in [5.41, 5.74) is 2.46. The van der Waals surface area contributed by atoms with E-state index in [0.29, 0.717) is 24.3 Å². The van der Waals surface area contributed by atoms with E-state index >= 15 is 0 Å². The van der Waals surface area contributed by atoms with Gasteiger partial charge in [0, 0.05) is 77.2 Å². The number of benzene rings is 1. The van der Waals surface area contributed by atoms with E-state index in [1.54, 1.807) is 7.11 Å². The molecule has 1 amide bonds. The van der Waals surface area contributed by atoms with Crippen molar-refractivity contribution in [2.24, 2.45) is 5.92 Å². The van der Waals surface area contributed by atoms with Gasteiger partial charge in [0.15, 0.2) is 0 Å². The summed E-state index contributed by atoms with van der Waals surface area (Å²) in [5.74, 6) is 1.82. The van der Waals surface area contributed by atoms with E-state index in [1.165, 1.54) is 11.3 Å². The van der Waals surface area contributed by atoms with Crippen LogP contribution in [0, 0.1) is 5.92 Å². The molecule has 0 N–H and O–H groups in total. The first-order chi connectivity index (χ1) is 17.7. The average molecular weight is 492 g/mol. The van der Waals surface area contributed by atoms with Crippen LogP contribution in [-0.4, -0.2) is 91.1 Å². The lowest BCUT2D eigenvalue weighted by Gasteiger charge is -2.47. The second-order valence-corrected chi connectivity index (χ2v) is 10.5. The minimum atomic E-state index is 0.358. The maximum absolute atomic E-state index is 12.9. The largest absolute Gasteiger partial charge is 0.495 e. The summed E-state index contributed by atoms with van der Waals surface area (Å²) >= 11 is 0. The Morgan fingerprint density at radius 3 is 2.56 bits per heavy atom. The Morgan fingerprint density at radius 2 is 1.81 bits per heavy atom. The predicted octanol–water partition coefficient (Wildman–Crippen LogP) is 3.51. The molecule has 36 heavy (non-hydrogen) atoms. The van der Waals surface area contributed by atoms with E-state index in [-0.39, 0.29) is 0 Å². The third kappa shape index (κ3) is 6.01. The summed E-state index contributed by atoms with van der Waals surface area (Å²) in [6.07, 6.45) is 8.97. The number of likely N-dealkylation sites (tertiary alicyclic amines) is 2. The molecule has 1 aromatic carbocycles. The first-order valence-electron chi connectivity index (χ1n) is 13.7. The summed E-state index contributed by atoms with van der Waals surface area (Å²) in [5, 5.41) is 0. The van der Waals surface area contributed by atoms with Gasteiger partial charge in [0.1, 0.15) is 5.75 Å². The third-order valence-corrected chi connectivity index (χ3v) is 8.30. The Kier molecular flexibility index (Phi) is 8.39. The highest BCUT2D eigenvalue weighted by Gasteiger charge is 2.35. The van der Waals surface area contributed by atoms with Gasteiger partial charge in [-0.25, -0.2) is 0 Å². The molecular weight excluding hydrogens is 450 g/mol. The molecule has 0 unspecified atom stereocenters. The summed E-state index contributed by atoms with van der Waals surface area (Å²) < 4.78 is 5.61. The first kappa shape index (κ1) is 25.0. The van der Waals surface area contributed by atoms with Crippen molar-refractivity contribution in [2.75, 3.05) is 64.4 Å². The molecule has 1 aromatic heterocycles. The van der Waals surface area contributed by atoms with Crippen LogP contribution in [0.1, 0.15) is 37.7 Å². The second-order valence-electron chi connectivity index (χ2n) is 10.5. The highest BCUT2D eigenvalue weighted by molar-refractivity contribution is 5.76. The van der Waals surface area contributed by atoms with Crippen LogP contribution in [0.4, 0.5) is 5.69 Å². The van der Waals surface area contributed by atoms with Crippen LogP contribution in [0.25, 0.3) is 0 Å². The number of carbonyl (C=O) groups excluding carboxylic acids is 1. The Balaban J connectivity index is 1.22. The number of anilines is 1. The van der Waals surface area contributed by atoms with Crippen molar-refractivity contribution in [3.05, 3.63) is 54.4 Å². The Bertz CT molecular complexity index is 973. The molecule has 2 aromatic rings. The second kappa shape index (κ2) is 12.1. The summed E-state index contributed by atoms with van der Waals surface area (Å²) in [7, 11) is 1.75. The van der Waals surface area contributed by atoms with Crippen molar-refractivity contribution >= 4 is 11.6 Å². The van der Waals surface area contributed by atoms with Crippen LogP contribution in [0.3, 0.4) is 0 Å². The summed E-state index contributed by atoms with van der Waals surface area (Å²) in [4.78, 5) is 27.0. The van der Waals surface area contributed by atoms with E-state index < -0.39 is 0 Å². The van der Waals surface area contributed by atoms with E-state index in [1.807, 2.05) is 30.6 Å². The van der Waals surface area contributed by atoms with Crippen molar-refractivity contribution in [3.8, 4) is 5.75 Å². The molecule has 5 rings (SSSR count). The van der Waals surface area contributed by atoms with Crippen molar-refractivity contribution < 1.29 is 9.53 Å². The van der Waals surface area contributed by atoms with Crippen molar-refractivity contribution in [2.45, 2.75) is 44.7 Å². The van der Waals surface area contributed by atoms with Crippen LogP contribution < -0.4 is 9.64 Å². The lowest BCUT2D eigenvalue weighted by atomic mass is 9.86. The van der Waals surface area contributed by atoms with Gasteiger partial charge in [0.05, 0.1) is 12.8 Å². The van der Waals surface area contributed by atoms with Crippen LogP contribution >= 0.6 is 0 Å². The standard InChI is InChI=1S/C29H41N5O2/c1-36-28-9-3-2-8-27(28)33-19-17-32(18-20-33)26-12-16-31(22-24-7-6-13-30-21-24)23-25(26)10-11-29(35)34-14-4-5-15-34/h2-3,6-9,13,21,25-26H,4-5,10-12,14-20,22-23H2,1H3/t25-,26+/m0/s1. The number of methoxy groups -OCH3 is 1. The molecule has 0 spiro atoms. The normalized spacial score (nSPS) is 23.7.